The summed E-state index contributed by atoms with van der Waals surface area (Å²) in [6, 6.07) is 9.45. The van der Waals surface area contributed by atoms with Crippen LogP contribution in [0.5, 0.6) is 17.2 Å². The van der Waals surface area contributed by atoms with Crippen molar-refractivity contribution in [1.29, 1.82) is 0 Å². The Kier molecular flexibility index (Phi) is 4.53. The molecule has 1 N–H and O–H groups in total. The predicted molar refractivity (Wildman–Crippen MR) is 103 cm³/mol. The van der Waals surface area contributed by atoms with Crippen LogP contribution in [-0.2, 0) is 0 Å². The van der Waals surface area contributed by atoms with Crippen molar-refractivity contribution in [1.82, 2.24) is 5.43 Å². The number of nitrogens with one attached hydrogen (secondary N) is 1. The van der Waals surface area contributed by atoms with Crippen LogP contribution in [0.3, 0.4) is 0 Å². The van der Waals surface area contributed by atoms with Gasteiger partial charge in [0, 0.05) is 33.8 Å². The lowest BCUT2D eigenvalue weighted by molar-refractivity contribution is -0.384. The van der Waals surface area contributed by atoms with Crippen LogP contribution in [0.25, 0.3) is 10.1 Å². The van der Waals surface area contributed by atoms with Crippen LogP contribution in [0.1, 0.15) is 15.2 Å². The lowest BCUT2D eigenvalue weighted by atomic mass is 10.2. The lowest BCUT2D eigenvalue weighted by Crippen LogP contribution is -2.16. The molecular weight excluding hydrogens is 386 g/mol. The number of amides is 1. The fraction of sp³-hybridized carbons (Fsp3) is 0.111. The van der Waals surface area contributed by atoms with Crippen LogP contribution >= 0.6 is 11.3 Å². The van der Waals surface area contributed by atoms with Gasteiger partial charge in [-0.25, -0.2) is 5.43 Å². The van der Waals surface area contributed by atoms with Gasteiger partial charge in [-0.3, -0.25) is 14.9 Å². The van der Waals surface area contributed by atoms with E-state index in [-0.39, 0.29) is 12.5 Å². The summed E-state index contributed by atoms with van der Waals surface area (Å²) in [4.78, 5) is 23.1. The molecule has 0 bridgehead atoms. The Morgan fingerprint density at radius 1 is 1.29 bits per heavy atom. The third-order valence-electron chi connectivity index (χ3n) is 4.03. The molecule has 2 aromatic carbocycles. The van der Waals surface area contributed by atoms with E-state index in [0.29, 0.717) is 33.1 Å². The number of methoxy groups -OCH3 is 1. The number of rotatable bonds is 5. The second-order valence-electron chi connectivity index (χ2n) is 5.74. The Morgan fingerprint density at radius 2 is 2.07 bits per heavy atom. The first kappa shape index (κ1) is 17.7. The molecule has 142 valence electrons. The highest BCUT2D eigenvalue weighted by atomic mass is 32.1. The van der Waals surface area contributed by atoms with Crippen molar-refractivity contribution in [3.63, 3.8) is 0 Å². The quantitative estimate of drug-likeness (QED) is 0.400. The third kappa shape index (κ3) is 3.32. The monoisotopic (exact) mass is 399 g/mol. The normalized spacial score (nSPS) is 12.5. The number of ether oxygens (including phenoxy) is 3. The SMILES string of the molecule is COc1cc2c(cc1/C=N\NC(=O)c1cc3cc([N+](=O)[O-])ccc3s1)OCO2. The lowest BCUT2D eigenvalue weighted by Gasteiger charge is -2.06. The van der Waals surface area contributed by atoms with Crippen LogP contribution in [0.4, 0.5) is 5.69 Å². The van der Waals surface area contributed by atoms with Crippen molar-refractivity contribution in [2.45, 2.75) is 0 Å². The minimum absolute atomic E-state index is 0.0230. The number of carbonyl (C=O) groups is 1. The predicted octanol–water partition coefficient (Wildman–Crippen LogP) is 3.31. The first-order valence-corrected chi connectivity index (χ1v) is 8.86. The van der Waals surface area contributed by atoms with E-state index >= 15 is 0 Å². The number of non-ortho nitro benzene ring substituents is 1. The fourth-order valence-corrected chi connectivity index (χ4v) is 3.62. The third-order valence-corrected chi connectivity index (χ3v) is 5.14. The number of hydrogen-bond acceptors (Lipinski definition) is 8. The molecule has 1 aliphatic heterocycles. The highest BCUT2D eigenvalue weighted by Gasteiger charge is 2.17. The van der Waals surface area contributed by atoms with Gasteiger partial charge in [-0.2, -0.15) is 5.10 Å². The minimum atomic E-state index is -0.472. The van der Waals surface area contributed by atoms with Gasteiger partial charge in [0.15, 0.2) is 11.5 Å². The van der Waals surface area contributed by atoms with Gasteiger partial charge in [0.25, 0.3) is 11.6 Å². The number of benzene rings is 2. The van der Waals surface area contributed by atoms with Gasteiger partial charge in [-0.1, -0.05) is 0 Å². The van der Waals surface area contributed by atoms with Gasteiger partial charge in [-0.15, -0.1) is 11.3 Å². The molecule has 0 spiro atoms. The molecule has 0 saturated carbocycles. The summed E-state index contributed by atoms with van der Waals surface area (Å²) in [6.07, 6.45) is 1.44. The van der Waals surface area contributed by atoms with Crippen LogP contribution in [0.15, 0.2) is 41.5 Å². The van der Waals surface area contributed by atoms with Crippen molar-refractivity contribution in [3.05, 3.63) is 57.0 Å². The van der Waals surface area contributed by atoms with Gasteiger partial charge >= 0.3 is 0 Å². The van der Waals surface area contributed by atoms with E-state index in [4.69, 9.17) is 14.2 Å². The molecule has 0 aliphatic carbocycles. The zero-order valence-corrected chi connectivity index (χ0v) is 15.3. The molecule has 1 aliphatic rings. The van der Waals surface area contributed by atoms with Gasteiger partial charge in [0.1, 0.15) is 5.75 Å². The number of hydrogen-bond donors (Lipinski definition) is 1. The Morgan fingerprint density at radius 3 is 2.82 bits per heavy atom. The van der Waals surface area contributed by atoms with Crippen molar-refractivity contribution >= 4 is 39.2 Å². The smallest absolute Gasteiger partial charge is 0.281 e. The first-order valence-electron chi connectivity index (χ1n) is 8.04. The van der Waals surface area contributed by atoms with Crippen LogP contribution in [0.2, 0.25) is 0 Å². The number of hydrazone groups is 1. The zero-order chi connectivity index (χ0) is 19.7. The topological polar surface area (TPSA) is 112 Å². The van der Waals surface area contributed by atoms with E-state index in [2.05, 4.69) is 10.5 Å². The van der Waals surface area contributed by atoms with Crippen molar-refractivity contribution in [3.8, 4) is 17.2 Å². The molecule has 0 unspecified atom stereocenters. The molecular formula is C18H13N3O6S. The maximum Gasteiger partial charge on any atom is 0.281 e. The van der Waals surface area contributed by atoms with Crippen molar-refractivity contribution in [2.24, 2.45) is 5.10 Å². The maximum absolute atomic E-state index is 12.3. The second-order valence-corrected chi connectivity index (χ2v) is 6.82. The average Bonchev–Trinajstić information content (AvgIpc) is 3.32. The molecule has 2 heterocycles. The van der Waals surface area contributed by atoms with E-state index in [0.717, 1.165) is 4.70 Å². The van der Waals surface area contributed by atoms with Crippen LogP contribution in [-0.4, -0.2) is 30.9 Å². The molecule has 1 amide bonds. The zero-order valence-electron chi connectivity index (χ0n) is 14.5. The fourth-order valence-electron chi connectivity index (χ4n) is 2.69. The molecule has 0 radical (unpaired) electrons. The Balaban J connectivity index is 1.51. The molecule has 28 heavy (non-hydrogen) atoms. The summed E-state index contributed by atoms with van der Waals surface area (Å²) < 4.78 is 16.7. The maximum atomic E-state index is 12.3. The van der Waals surface area contributed by atoms with Crippen molar-refractivity contribution < 1.29 is 23.9 Å². The second kappa shape index (κ2) is 7.16. The van der Waals surface area contributed by atoms with Gasteiger partial charge in [-0.05, 0) is 18.2 Å². The molecule has 9 nitrogen and oxygen atoms in total. The molecule has 1 aromatic heterocycles. The molecule has 3 aromatic rings. The Hall–Kier alpha value is -3.66. The van der Waals surface area contributed by atoms with Gasteiger partial charge in [0.05, 0.1) is 23.1 Å². The number of nitrogens with zero attached hydrogens (tertiary/aromatic N) is 2. The first-order chi connectivity index (χ1) is 13.5. The summed E-state index contributed by atoms with van der Waals surface area (Å²) in [5, 5.41) is 15.5. The molecule has 0 saturated heterocycles. The number of nitro groups is 1. The van der Waals surface area contributed by atoms with Crippen LogP contribution in [0, 0.1) is 10.1 Å². The summed E-state index contributed by atoms with van der Waals surface area (Å²) in [5.74, 6) is 1.26. The molecule has 0 fully saturated rings. The average molecular weight is 399 g/mol. The number of carbonyl (C=O) groups excluding carboxylic acids is 1. The minimum Gasteiger partial charge on any atom is -0.496 e. The number of nitro benzene ring substituents is 1. The van der Waals surface area contributed by atoms with Gasteiger partial charge < -0.3 is 14.2 Å². The van der Waals surface area contributed by atoms with Crippen molar-refractivity contribution in [2.75, 3.05) is 13.9 Å². The van der Waals surface area contributed by atoms with Crippen LogP contribution < -0.4 is 19.6 Å². The van der Waals surface area contributed by atoms with E-state index in [1.807, 2.05) is 0 Å². The highest BCUT2D eigenvalue weighted by Crippen LogP contribution is 2.37. The van der Waals surface area contributed by atoms with E-state index in [1.54, 1.807) is 24.3 Å². The molecule has 0 atom stereocenters. The number of thiophene rings is 1. The summed E-state index contributed by atoms with van der Waals surface area (Å²) >= 11 is 1.23. The highest BCUT2D eigenvalue weighted by molar-refractivity contribution is 7.20. The standard InChI is InChI=1S/C18H13N3O6S/c1-25-13-7-15-14(26-9-27-15)5-11(13)8-19-20-18(22)17-6-10-4-12(21(23)24)2-3-16(10)28-17/h2-8H,9H2,1H3,(H,20,22)/b19-8-. The summed E-state index contributed by atoms with van der Waals surface area (Å²) in [7, 11) is 1.52. The van der Waals surface area contributed by atoms with E-state index < -0.39 is 10.8 Å². The number of fused-ring (bicyclic) bond motifs is 2. The van der Waals surface area contributed by atoms with Gasteiger partial charge in [0.2, 0.25) is 6.79 Å². The summed E-state index contributed by atoms with van der Waals surface area (Å²) in [5.41, 5.74) is 3.03. The Bertz CT molecular complexity index is 1120. The molecule has 10 heteroatoms. The largest absolute Gasteiger partial charge is 0.496 e. The Labute approximate surface area is 162 Å². The summed E-state index contributed by atoms with van der Waals surface area (Å²) in [6.45, 7) is 0.139. The molecule has 4 rings (SSSR count). The van der Waals surface area contributed by atoms with E-state index in [1.165, 1.54) is 36.8 Å². The van der Waals surface area contributed by atoms with E-state index in [9.17, 15) is 14.9 Å².